The third-order valence-corrected chi connectivity index (χ3v) is 4.30. The van der Waals surface area contributed by atoms with Gasteiger partial charge in [0.25, 0.3) is 5.91 Å². The number of hydrogen-bond acceptors (Lipinski definition) is 5. The van der Waals surface area contributed by atoms with Gasteiger partial charge in [-0.2, -0.15) is 0 Å². The van der Waals surface area contributed by atoms with Crippen molar-refractivity contribution < 1.29 is 19.1 Å². The van der Waals surface area contributed by atoms with Gasteiger partial charge in [0, 0.05) is 10.4 Å². The predicted octanol–water partition coefficient (Wildman–Crippen LogP) is 2.66. The number of aryl methyl sites for hydroxylation is 1. The number of benzene rings is 1. The van der Waals surface area contributed by atoms with Crippen molar-refractivity contribution >= 4 is 29.0 Å². The topological polar surface area (TPSA) is 72.5 Å². The summed E-state index contributed by atoms with van der Waals surface area (Å²) in [6, 6.07) is 9.80. The number of carbonyl (C=O) groups is 3. The second-order valence-electron chi connectivity index (χ2n) is 5.02. The number of amides is 1. The van der Waals surface area contributed by atoms with Crippen molar-refractivity contribution in [1.82, 2.24) is 5.32 Å². The van der Waals surface area contributed by atoms with Gasteiger partial charge in [-0.25, -0.2) is 0 Å². The maximum absolute atomic E-state index is 12.2. The number of ether oxygens (including phenoxy) is 1. The molecule has 1 heterocycles. The molecule has 0 aliphatic heterocycles. The molecule has 0 saturated heterocycles. The molecule has 6 heteroatoms. The first-order valence-corrected chi connectivity index (χ1v) is 7.91. The van der Waals surface area contributed by atoms with Gasteiger partial charge in [-0.15, -0.1) is 11.3 Å². The molecule has 23 heavy (non-hydrogen) atoms. The molecule has 2 rings (SSSR count). The van der Waals surface area contributed by atoms with E-state index in [2.05, 4.69) is 10.1 Å². The summed E-state index contributed by atoms with van der Waals surface area (Å²) in [5.74, 6) is -1.82. The van der Waals surface area contributed by atoms with Crippen LogP contribution in [0.25, 0.3) is 0 Å². The number of esters is 1. The van der Waals surface area contributed by atoms with E-state index in [0.29, 0.717) is 5.56 Å². The number of nitrogens with one attached hydrogen (secondary N) is 1. The van der Waals surface area contributed by atoms with Crippen LogP contribution < -0.4 is 5.32 Å². The van der Waals surface area contributed by atoms with Crippen LogP contribution in [0, 0.1) is 6.92 Å². The number of methoxy groups -OCH3 is 1. The zero-order chi connectivity index (χ0) is 16.8. The second kappa shape index (κ2) is 7.69. The smallest absolute Gasteiger partial charge is 0.307 e. The molecule has 1 unspecified atom stereocenters. The average Bonchev–Trinajstić information content (AvgIpc) is 3.08. The number of hydrogen-bond donors (Lipinski definition) is 1. The number of carbonyl (C=O) groups excluding carboxylic acids is 3. The molecule has 120 valence electrons. The van der Waals surface area contributed by atoms with Gasteiger partial charge in [0.05, 0.1) is 19.6 Å². The van der Waals surface area contributed by atoms with Crippen LogP contribution in [0.5, 0.6) is 0 Å². The molecule has 1 N–H and O–H groups in total. The average molecular weight is 331 g/mol. The normalized spacial score (nSPS) is 11.6. The third-order valence-electron chi connectivity index (χ3n) is 3.31. The minimum atomic E-state index is -0.740. The summed E-state index contributed by atoms with van der Waals surface area (Å²) in [7, 11) is 1.28. The van der Waals surface area contributed by atoms with Gasteiger partial charge in [0.1, 0.15) is 0 Å². The van der Waals surface area contributed by atoms with Crippen LogP contribution in [0.4, 0.5) is 0 Å². The number of rotatable bonds is 6. The van der Waals surface area contributed by atoms with Crippen LogP contribution in [0.2, 0.25) is 0 Å². The molecule has 1 amide bonds. The van der Waals surface area contributed by atoms with Crippen molar-refractivity contribution in [2.75, 3.05) is 7.11 Å². The zero-order valence-corrected chi connectivity index (χ0v) is 13.7. The highest BCUT2D eigenvalue weighted by molar-refractivity contribution is 7.10. The number of ketones is 1. The monoisotopic (exact) mass is 331 g/mol. The van der Waals surface area contributed by atoms with E-state index in [0.717, 1.165) is 10.4 Å². The van der Waals surface area contributed by atoms with Gasteiger partial charge in [0.15, 0.2) is 0 Å². The highest BCUT2D eigenvalue weighted by Crippen LogP contribution is 2.22. The number of Topliss-reactive ketones (excluding diaryl/α,β-unsaturated/α-hetero) is 1. The van der Waals surface area contributed by atoms with E-state index in [1.807, 2.05) is 18.4 Å². The van der Waals surface area contributed by atoms with Crippen LogP contribution in [0.15, 0.2) is 41.8 Å². The lowest BCUT2D eigenvalue weighted by atomic mass is 10.1. The quantitative estimate of drug-likeness (QED) is 0.502. The van der Waals surface area contributed by atoms with Gasteiger partial charge in [-0.1, -0.05) is 35.9 Å². The molecule has 0 spiro atoms. The Labute approximate surface area is 138 Å². The standard InChI is InChI=1S/C17H17NO4S/c1-11-5-7-12(8-6-11)16(20)17(21)18-13(10-15(19)22-2)14-4-3-9-23-14/h3-9,13H,10H2,1-2H3,(H,18,21). The summed E-state index contributed by atoms with van der Waals surface area (Å²) in [6.07, 6.45) is -0.0239. The predicted molar refractivity (Wildman–Crippen MR) is 87.3 cm³/mol. The largest absolute Gasteiger partial charge is 0.469 e. The highest BCUT2D eigenvalue weighted by Gasteiger charge is 2.24. The Kier molecular flexibility index (Phi) is 5.65. The Morgan fingerprint density at radius 3 is 2.43 bits per heavy atom. The molecule has 0 aliphatic rings. The number of thiophene rings is 1. The maximum atomic E-state index is 12.2. The van der Waals surface area contributed by atoms with Crippen LogP contribution in [-0.4, -0.2) is 24.8 Å². The Bertz CT molecular complexity index is 692. The zero-order valence-electron chi connectivity index (χ0n) is 12.9. The van der Waals surface area contributed by atoms with Crippen LogP contribution in [-0.2, 0) is 14.3 Å². The molecule has 5 nitrogen and oxygen atoms in total. The van der Waals surface area contributed by atoms with Crippen molar-refractivity contribution in [2.45, 2.75) is 19.4 Å². The molecule has 0 saturated carbocycles. The molecular weight excluding hydrogens is 314 g/mol. The van der Waals surface area contributed by atoms with Crippen molar-refractivity contribution in [3.8, 4) is 0 Å². The first kappa shape index (κ1) is 16.9. The summed E-state index contributed by atoms with van der Waals surface area (Å²) in [6.45, 7) is 1.90. The lowest BCUT2D eigenvalue weighted by Gasteiger charge is -2.16. The second-order valence-corrected chi connectivity index (χ2v) is 6.00. The third kappa shape index (κ3) is 4.50. The van der Waals surface area contributed by atoms with Crippen LogP contribution >= 0.6 is 11.3 Å². The van der Waals surface area contributed by atoms with Gasteiger partial charge in [-0.05, 0) is 18.4 Å². The molecule has 1 aromatic carbocycles. The Morgan fingerprint density at radius 2 is 1.87 bits per heavy atom. The van der Waals surface area contributed by atoms with E-state index in [1.165, 1.54) is 18.4 Å². The van der Waals surface area contributed by atoms with E-state index in [9.17, 15) is 14.4 Å². The fourth-order valence-corrected chi connectivity index (χ4v) is 2.80. The van der Waals surface area contributed by atoms with Gasteiger partial charge in [0.2, 0.25) is 5.78 Å². The van der Waals surface area contributed by atoms with Crippen LogP contribution in [0.3, 0.4) is 0 Å². The van der Waals surface area contributed by atoms with E-state index in [-0.39, 0.29) is 6.42 Å². The molecule has 0 bridgehead atoms. The van der Waals surface area contributed by atoms with Crippen molar-refractivity contribution in [3.05, 3.63) is 57.8 Å². The van der Waals surface area contributed by atoms with Crippen molar-refractivity contribution in [1.29, 1.82) is 0 Å². The summed E-state index contributed by atoms with van der Waals surface area (Å²) in [5, 5.41) is 4.46. The van der Waals surface area contributed by atoms with E-state index >= 15 is 0 Å². The molecule has 0 radical (unpaired) electrons. The van der Waals surface area contributed by atoms with E-state index in [4.69, 9.17) is 0 Å². The van der Waals surface area contributed by atoms with Gasteiger partial charge >= 0.3 is 5.97 Å². The lowest BCUT2D eigenvalue weighted by Crippen LogP contribution is -2.35. The highest BCUT2D eigenvalue weighted by atomic mass is 32.1. The Hall–Kier alpha value is -2.47. The minimum absolute atomic E-state index is 0.0239. The molecule has 0 aliphatic carbocycles. The Balaban J connectivity index is 2.12. The molecular formula is C17H17NO4S. The lowest BCUT2D eigenvalue weighted by molar-refractivity contribution is -0.141. The summed E-state index contributed by atoms with van der Waals surface area (Å²) >= 11 is 1.40. The van der Waals surface area contributed by atoms with E-state index in [1.54, 1.807) is 30.3 Å². The maximum Gasteiger partial charge on any atom is 0.307 e. The SMILES string of the molecule is COC(=O)CC(NC(=O)C(=O)c1ccc(C)cc1)c1cccs1. The first-order chi connectivity index (χ1) is 11.0. The fourth-order valence-electron chi connectivity index (χ4n) is 2.02. The summed E-state index contributed by atoms with van der Waals surface area (Å²) in [4.78, 5) is 36.7. The Morgan fingerprint density at radius 1 is 1.17 bits per heavy atom. The minimum Gasteiger partial charge on any atom is -0.469 e. The summed E-state index contributed by atoms with van der Waals surface area (Å²) < 4.78 is 4.65. The van der Waals surface area contributed by atoms with E-state index < -0.39 is 23.7 Å². The van der Waals surface area contributed by atoms with Crippen molar-refractivity contribution in [3.63, 3.8) is 0 Å². The first-order valence-electron chi connectivity index (χ1n) is 7.03. The molecule has 0 fully saturated rings. The molecule has 1 atom stereocenters. The molecule has 1 aromatic heterocycles. The van der Waals surface area contributed by atoms with Gasteiger partial charge in [-0.3, -0.25) is 14.4 Å². The summed E-state index contributed by atoms with van der Waals surface area (Å²) in [5.41, 5.74) is 1.32. The molecule has 2 aromatic rings. The fraction of sp³-hybridized carbons (Fsp3) is 0.235. The van der Waals surface area contributed by atoms with Gasteiger partial charge < -0.3 is 10.1 Å². The van der Waals surface area contributed by atoms with Crippen LogP contribution in [0.1, 0.15) is 33.3 Å². The van der Waals surface area contributed by atoms with Crippen molar-refractivity contribution in [2.24, 2.45) is 0 Å².